The molecular formula is C8H14N2O3. The van der Waals surface area contributed by atoms with Crippen LogP contribution in [-0.4, -0.2) is 36.1 Å². The van der Waals surface area contributed by atoms with E-state index < -0.39 is 11.9 Å². The molecule has 0 aromatic heterocycles. The summed E-state index contributed by atoms with van der Waals surface area (Å²) in [6, 6.07) is 0. The average Bonchev–Trinajstić information content (AvgIpc) is 2.50. The number of carbonyl (C=O) groups excluding carboxylic acids is 2. The minimum atomic E-state index is -0.806. The quantitative estimate of drug-likeness (QED) is 0.441. The van der Waals surface area contributed by atoms with Gasteiger partial charge in [-0.25, -0.2) is 4.79 Å². The Kier molecular flexibility index (Phi) is 3.25. The molecule has 1 unspecified atom stereocenters. The van der Waals surface area contributed by atoms with E-state index >= 15 is 0 Å². The number of nitrogens with zero attached hydrogens (tertiary/aromatic N) is 1. The van der Waals surface area contributed by atoms with Gasteiger partial charge < -0.3 is 15.4 Å². The van der Waals surface area contributed by atoms with Crippen LogP contribution in [0.25, 0.3) is 0 Å². The summed E-state index contributed by atoms with van der Waals surface area (Å²) in [5, 5.41) is 0. The second-order valence-electron chi connectivity index (χ2n) is 2.93. The van der Waals surface area contributed by atoms with Gasteiger partial charge in [-0.2, -0.15) is 0 Å². The molecule has 0 saturated carbocycles. The van der Waals surface area contributed by atoms with Gasteiger partial charge in [0.25, 0.3) is 0 Å². The zero-order chi connectivity index (χ0) is 9.84. The third-order valence-corrected chi connectivity index (χ3v) is 2.01. The van der Waals surface area contributed by atoms with Crippen LogP contribution >= 0.6 is 0 Å². The monoisotopic (exact) mass is 186 g/mol. The van der Waals surface area contributed by atoms with E-state index in [1.807, 2.05) is 0 Å². The molecule has 1 atom stereocenters. The highest BCUT2D eigenvalue weighted by Crippen LogP contribution is 2.12. The maximum atomic E-state index is 11.3. The molecule has 1 fully saturated rings. The molecule has 74 valence electrons. The summed E-state index contributed by atoms with van der Waals surface area (Å²) in [4.78, 5) is 23.7. The van der Waals surface area contributed by atoms with Crippen molar-refractivity contribution in [2.75, 3.05) is 13.2 Å². The molecule has 2 N–H and O–H groups in total. The van der Waals surface area contributed by atoms with Crippen LogP contribution in [0.2, 0.25) is 0 Å². The van der Waals surface area contributed by atoms with Crippen molar-refractivity contribution in [3.8, 4) is 0 Å². The van der Waals surface area contributed by atoms with E-state index in [4.69, 9.17) is 5.73 Å². The van der Waals surface area contributed by atoms with Crippen molar-refractivity contribution in [1.29, 1.82) is 0 Å². The number of esters is 1. The number of amides is 1. The van der Waals surface area contributed by atoms with Crippen LogP contribution in [-0.2, 0) is 14.3 Å². The van der Waals surface area contributed by atoms with Crippen molar-refractivity contribution >= 4 is 11.9 Å². The number of likely N-dealkylation sites (tertiary alicyclic amines) is 1. The Hall–Kier alpha value is -1.10. The molecule has 1 heterocycles. The van der Waals surface area contributed by atoms with E-state index in [1.165, 1.54) is 4.90 Å². The molecule has 1 amide bonds. The van der Waals surface area contributed by atoms with Gasteiger partial charge in [-0.15, -0.1) is 0 Å². The lowest BCUT2D eigenvalue weighted by atomic mass is 10.3. The Bertz CT molecular complexity index is 217. The van der Waals surface area contributed by atoms with Gasteiger partial charge in [-0.3, -0.25) is 4.79 Å². The first-order chi connectivity index (χ1) is 6.16. The molecule has 1 saturated heterocycles. The van der Waals surface area contributed by atoms with Gasteiger partial charge >= 0.3 is 11.9 Å². The fourth-order valence-electron chi connectivity index (χ4n) is 1.35. The normalized spacial score (nSPS) is 21.7. The molecule has 0 spiro atoms. The van der Waals surface area contributed by atoms with Gasteiger partial charge in [0.2, 0.25) is 0 Å². The molecule has 1 aliphatic heterocycles. The van der Waals surface area contributed by atoms with Gasteiger partial charge in [-0.1, -0.05) is 0 Å². The van der Waals surface area contributed by atoms with E-state index in [2.05, 4.69) is 4.74 Å². The van der Waals surface area contributed by atoms with Crippen molar-refractivity contribution in [3.63, 3.8) is 0 Å². The second kappa shape index (κ2) is 4.23. The summed E-state index contributed by atoms with van der Waals surface area (Å²) >= 11 is 0. The van der Waals surface area contributed by atoms with Crippen molar-refractivity contribution in [1.82, 2.24) is 4.90 Å². The van der Waals surface area contributed by atoms with Crippen LogP contribution in [0.3, 0.4) is 0 Å². The second-order valence-corrected chi connectivity index (χ2v) is 2.93. The lowest BCUT2D eigenvalue weighted by molar-refractivity contribution is -0.160. The topological polar surface area (TPSA) is 72.6 Å². The van der Waals surface area contributed by atoms with E-state index in [0.717, 1.165) is 12.8 Å². The predicted octanol–water partition coefficient (Wildman–Crippen LogP) is -0.543. The molecule has 1 aliphatic rings. The smallest absolute Gasteiger partial charge is 0.397 e. The third-order valence-electron chi connectivity index (χ3n) is 2.01. The lowest BCUT2D eigenvalue weighted by Crippen LogP contribution is -2.44. The largest absolute Gasteiger partial charge is 0.459 e. The van der Waals surface area contributed by atoms with Gasteiger partial charge in [-0.05, 0) is 19.8 Å². The van der Waals surface area contributed by atoms with E-state index in [0.29, 0.717) is 6.54 Å². The minimum absolute atomic E-state index is 0.216. The Morgan fingerprint density at radius 2 is 2.31 bits per heavy atom. The van der Waals surface area contributed by atoms with Crippen LogP contribution in [0.4, 0.5) is 0 Å². The predicted molar refractivity (Wildman–Crippen MR) is 45.6 cm³/mol. The van der Waals surface area contributed by atoms with Gasteiger partial charge in [0, 0.05) is 6.54 Å². The maximum absolute atomic E-state index is 11.3. The number of nitrogens with two attached hydrogens (primary N) is 1. The molecule has 0 radical (unpaired) electrons. The zero-order valence-corrected chi connectivity index (χ0v) is 7.66. The fraction of sp³-hybridized carbons (Fsp3) is 0.750. The fourth-order valence-corrected chi connectivity index (χ4v) is 1.35. The van der Waals surface area contributed by atoms with E-state index in [1.54, 1.807) is 6.92 Å². The van der Waals surface area contributed by atoms with Crippen LogP contribution in [0, 0.1) is 0 Å². The summed E-state index contributed by atoms with van der Waals surface area (Å²) in [6.45, 7) is 2.43. The van der Waals surface area contributed by atoms with Crippen molar-refractivity contribution < 1.29 is 14.3 Å². The standard InChI is InChI=1S/C8H14N2O3/c1-2-13-8(12)7(11)10-5-3-4-6(10)9/h6H,2-5,9H2,1H3. The summed E-state index contributed by atoms with van der Waals surface area (Å²) in [7, 11) is 0. The molecule has 0 aromatic rings. The van der Waals surface area contributed by atoms with Crippen LogP contribution in [0.5, 0.6) is 0 Å². The summed E-state index contributed by atoms with van der Waals surface area (Å²) in [6.07, 6.45) is 1.29. The first-order valence-electron chi connectivity index (χ1n) is 4.40. The van der Waals surface area contributed by atoms with Crippen LogP contribution < -0.4 is 5.73 Å². The van der Waals surface area contributed by atoms with Crippen molar-refractivity contribution in [2.45, 2.75) is 25.9 Å². The molecule has 1 rings (SSSR count). The number of carbonyl (C=O) groups is 2. The highest BCUT2D eigenvalue weighted by molar-refractivity contribution is 6.32. The first kappa shape index (κ1) is 9.98. The van der Waals surface area contributed by atoms with Gasteiger partial charge in [0.1, 0.15) is 0 Å². The van der Waals surface area contributed by atoms with E-state index in [-0.39, 0.29) is 12.8 Å². The van der Waals surface area contributed by atoms with Crippen LogP contribution in [0.15, 0.2) is 0 Å². The number of ether oxygens (including phenoxy) is 1. The SMILES string of the molecule is CCOC(=O)C(=O)N1CCCC1N. The first-order valence-corrected chi connectivity index (χ1v) is 4.40. The molecule has 0 aromatic carbocycles. The molecule has 5 nitrogen and oxygen atoms in total. The summed E-state index contributed by atoms with van der Waals surface area (Å²) < 4.78 is 4.58. The van der Waals surface area contributed by atoms with Crippen molar-refractivity contribution in [2.24, 2.45) is 5.73 Å². The number of hydrogen-bond acceptors (Lipinski definition) is 4. The molecule has 0 aliphatic carbocycles. The van der Waals surface area contributed by atoms with Gasteiger partial charge in [0.15, 0.2) is 0 Å². The highest BCUT2D eigenvalue weighted by Gasteiger charge is 2.30. The van der Waals surface area contributed by atoms with Crippen molar-refractivity contribution in [3.05, 3.63) is 0 Å². The van der Waals surface area contributed by atoms with Gasteiger partial charge in [0.05, 0.1) is 12.8 Å². The molecule has 0 bridgehead atoms. The Morgan fingerprint density at radius 1 is 1.62 bits per heavy atom. The van der Waals surface area contributed by atoms with E-state index in [9.17, 15) is 9.59 Å². The average molecular weight is 186 g/mol. The van der Waals surface area contributed by atoms with Crippen LogP contribution in [0.1, 0.15) is 19.8 Å². The number of hydrogen-bond donors (Lipinski definition) is 1. The number of rotatable bonds is 1. The third kappa shape index (κ3) is 2.18. The minimum Gasteiger partial charge on any atom is -0.459 e. The zero-order valence-electron chi connectivity index (χ0n) is 7.66. The molecule has 13 heavy (non-hydrogen) atoms. The Balaban J connectivity index is 2.51. The maximum Gasteiger partial charge on any atom is 0.397 e. The molecule has 5 heteroatoms. The summed E-state index contributed by atoms with van der Waals surface area (Å²) in [5.74, 6) is -1.42. The Morgan fingerprint density at radius 3 is 2.77 bits per heavy atom. The summed E-state index contributed by atoms with van der Waals surface area (Å²) in [5.41, 5.74) is 5.61. The molecular weight excluding hydrogens is 172 g/mol. The Labute approximate surface area is 76.8 Å². The lowest BCUT2D eigenvalue weighted by Gasteiger charge is -2.19. The highest BCUT2D eigenvalue weighted by atomic mass is 16.5.